The molecule has 0 radical (unpaired) electrons. The van der Waals surface area contributed by atoms with Crippen molar-refractivity contribution in [2.24, 2.45) is 0 Å². The van der Waals surface area contributed by atoms with Crippen molar-refractivity contribution in [3.8, 4) is 0 Å². The smallest absolute Gasteiger partial charge is 0.279 e. The first-order chi connectivity index (χ1) is 13.1. The van der Waals surface area contributed by atoms with Crippen molar-refractivity contribution in [1.82, 2.24) is 14.3 Å². The molecule has 1 aliphatic heterocycles. The Balaban J connectivity index is 1.50. The van der Waals surface area contributed by atoms with E-state index < -0.39 is 0 Å². The summed E-state index contributed by atoms with van der Waals surface area (Å²) in [6.07, 6.45) is 1.73. The highest BCUT2D eigenvalue weighted by Gasteiger charge is 2.14. The molecule has 1 unspecified atom stereocenters. The summed E-state index contributed by atoms with van der Waals surface area (Å²) in [5, 5.41) is 7.24. The van der Waals surface area contributed by atoms with E-state index in [4.69, 9.17) is 17.0 Å². The summed E-state index contributed by atoms with van der Waals surface area (Å²) in [5.74, 6) is -0.0342. The van der Waals surface area contributed by atoms with E-state index in [1.54, 1.807) is 11.0 Å². The molecular formula is C18H27N6O2S+. The lowest BCUT2D eigenvalue weighted by Crippen LogP contribution is -3.09. The molecule has 146 valence electrons. The van der Waals surface area contributed by atoms with Gasteiger partial charge in [-0.3, -0.25) is 4.79 Å². The van der Waals surface area contributed by atoms with Crippen LogP contribution in [0, 0.1) is 4.77 Å². The fourth-order valence-corrected chi connectivity index (χ4v) is 3.35. The van der Waals surface area contributed by atoms with Crippen molar-refractivity contribution >= 4 is 29.5 Å². The first-order valence-electron chi connectivity index (χ1n) is 9.23. The van der Waals surface area contributed by atoms with Gasteiger partial charge in [-0.15, -0.1) is 0 Å². The van der Waals surface area contributed by atoms with Crippen molar-refractivity contribution in [1.29, 1.82) is 0 Å². The molecule has 1 atom stereocenters. The highest BCUT2D eigenvalue weighted by molar-refractivity contribution is 7.71. The SMILES string of the molecule is CCn1cnn(C[NH+](C)CC(=O)Nc2ccc(N3CCOCC3)cc2)c1=S. The van der Waals surface area contributed by atoms with Crippen LogP contribution < -0.4 is 15.1 Å². The topological polar surface area (TPSA) is 68.8 Å². The second-order valence-electron chi connectivity index (χ2n) is 6.69. The summed E-state index contributed by atoms with van der Waals surface area (Å²) in [5.41, 5.74) is 1.96. The number of morpholine rings is 1. The average Bonchev–Trinajstić information content (AvgIpc) is 3.02. The number of anilines is 2. The lowest BCUT2D eigenvalue weighted by molar-refractivity contribution is -0.895. The van der Waals surface area contributed by atoms with E-state index >= 15 is 0 Å². The Morgan fingerprint density at radius 1 is 1.30 bits per heavy atom. The molecule has 3 rings (SSSR count). The first-order valence-corrected chi connectivity index (χ1v) is 9.64. The van der Waals surface area contributed by atoms with Gasteiger partial charge in [0.1, 0.15) is 6.33 Å². The number of rotatable bonds is 7. The Morgan fingerprint density at radius 3 is 2.63 bits per heavy atom. The number of quaternary nitrogens is 1. The van der Waals surface area contributed by atoms with Gasteiger partial charge >= 0.3 is 0 Å². The van der Waals surface area contributed by atoms with E-state index in [0.29, 0.717) is 18.0 Å². The Bertz CT molecular complexity index is 810. The van der Waals surface area contributed by atoms with Crippen LogP contribution in [0.4, 0.5) is 11.4 Å². The predicted molar refractivity (Wildman–Crippen MR) is 107 cm³/mol. The third-order valence-corrected chi connectivity index (χ3v) is 4.99. The highest BCUT2D eigenvalue weighted by atomic mass is 32.1. The molecule has 1 fully saturated rings. The number of aryl methyl sites for hydroxylation is 1. The highest BCUT2D eigenvalue weighted by Crippen LogP contribution is 2.18. The van der Waals surface area contributed by atoms with E-state index in [1.807, 2.05) is 42.8 Å². The number of aromatic nitrogens is 3. The van der Waals surface area contributed by atoms with Crippen molar-refractivity contribution in [3.63, 3.8) is 0 Å². The van der Waals surface area contributed by atoms with Gasteiger partial charge in [-0.25, -0.2) is 0 Å². The van der Waals surface area contributed by atoms with E-state index in [-0.39, 0.29) is 5.91 Å². The fourth-order valence-electron chi connectivity index (χ4n) is 3.07. The summed E-state index contributed by atoms with van der Waals surface area (Å²) < 4.78 is 9.70. The Hall–Kier alpha value is -2.23. The standard InChI is InChI=1S/C18H26N6O2S/c1-3-22-13-19-24(18(22)27)14-21(2)12-17(25)20-15-4-6-16(7-5-15)23-8-10-26-11-9-23/h4-7,13H,3,8-12,14H2,1-2H3,(H,20,25)/p+1. The largest absolute Gasteiger partial charge is 0.378 e. The third-order valence-electron chi connectivity index (χ3n) is 4.55. The minimum Gasteiger partial charge on any atom is -0.378 e. The third kappa shape index (κ3) is 5.15. The number of hydrogen-bond acceptors (Lipinski definition) is 5. The molecule has 8 nitrogen and oxygen atoms in total. The second kappa shape index (κ2) is 9.12. The molecule has 0 aliphatic carbocycles. The Morgan fingerprint density at radius 2 is 2.00 bits per heavy atom. The number of carbonyl (C=O) groups excluding carboxylic acids is 1. The Kier molecular flexibility index (Phi) is 6.59. The van der Waals surface area contributed by atoms with Crippen LogP contribution in [0.15, 0.2) is 30.6 Å². The zero-order chi connectivity index (χ0) is 19.2. The molecule has 1 aliphatic rings. The number of hydrogen-bond donors (Lipinski definition) is 2. The first kappa shape index (κ1) is 19.5. The zero-order valence-electron chi connectivity index (χ0n) is 15.9. The molecule has 0 spiro atoms. The number of nitrogens with one attached hydrogen (secondary N) is 2. The zero-order valence-corrected chi connectivity index (χ0v) is 16.7. The van der Waals surface area contributed by atoms with Gasteiger partial charge in [0.15, 0.2) is 13.2 Å². The molecule has 2 N–H and O–H groups in total. The quantitative estimate of drug-likeness (QED) is 0.668. The molecule has 1 aromatic carbocycles. The van der Waals surface area contributed by atoms with Crippen LogP contribution in [0.2, 0.25) is 0 Å². The summed E-state index contributed by atoms with van der Waals surface area (Å²) >= 11 is 5.37. The van der Waals surface area contributed by atoms with Gasteiger partial charge in [0.05, 0.1) is 20.3 Å². The number of nitrogens with zero attached hydrogens (tertiary/aromatic N) is 4. The van der Waals surface area contributed by atoms with E-state index in [9.17, 15) is 4.79 Å². The monoisotopic (exact) mass is 391 g/mol. The molecule has 9 heteroatoms. The molecule has 0 bridgehead atoms. The summed E-state index contributed by atoms with van der Waals surface area (Å²) in [7, 11) is 1.95. The number of carbonyl (C=O) groups is 1. The predicted octanol–water partition coefficient (Wildman–Crippen LogP) is 0.381. The van der Waals surface area contributed by atoms with Crippen LogP contribution in [-0.2, 0) is 22.7 Å². The van der Waals surface area contributed by atoms with Gasteiger partial charge in [-0.1, -0.05) is 0 Å². The van der Waals surface area contributed by atoms with Gasteiger partial charge in [-0.2, -0.15) is 9.78 Å². The number of benzene rings is 1. The molecular weight excluding hydrogens is 364 g/mol. The van der Waals surface area contributed by atoms with Crippen LogP contribution >= 0.6 is 12.2 Å². The lowest BCUT2D eigenvalue weighted by Gasteiger charge is -2.28. The van der Waals surface area contributed by atoms with Crippen LogP contribution in [0.3, 0.4) is 0 Å². The van der Waals surface area contributed by atoms with Crippen molar-refractivity contribution in [3.05, 3.63) is 35.4 Å². The minimum absolute atomic E-state index is 0.0342. The number of amides is 1. The number of likely N-dealkylation sites (N-methyl/N-ethyl adjacent to an activating group) is 1. The van der Waals surface area contributed by atoms with Gasteiger partial charge in [-0.05, 0) is 43.4 Å². The van der Waals surface area contributed by atoms with E-state index in [1.165, 1.54) is 0 Å². The minimum atomic E-state index is -0.0342. The summed E-state index contributed by atoms with van der Waals surface area (Å²) in [6.45, 7) is 7.02. The van der Waals surface area contributed by atoms with E-state index in [2.05, 4.69) is 15.3 Å². The molecule has 2 aromatic rings. The van der Waals surface area contributed by atoms with Crippen LogP contribution in [0.5, 0.6) is 0 Å². The molecule has 2 heterocycles. The normalized spacial score (nSPS) is 15.6. The summed E-state index contributed by atoms with van der Waals surface area (Å²) in [4.78, 5) is 15.6. The van der Waals surface area contributed by atoms with Crippen LogP contribution in [0.25, 0.3) is 0 Å². The van der Waals surface area contributed by atoms with Crippen molar-refractivity contribution in [2.45, 2.75) is 20.1 Å². The average molecular weight is 392 g/mol. The molecule has 1 aromatic heterocycles. The maximum absolute atomic E-state index is 12.3. The second-order valence-corrected chi connectivity index (χ2v) is 7.05. The van der Waals surface area contributed by atoms with Gasteiger partial charge in [0, 0.05) is 31.0 Å². The van der Waals surface area contributed by atoms with Gasteiger partial charge in [0.2, 0.25) is 4.77 Å². The molecule has 0 saturated carbocycles. The number of ether oxygens (including phenoxy) is 1. The van der Waals surface area contributed by atoms with Crippen LogP contribution in [-0.4, -0.2) is 60.2 Å². The molecule has 1 saturated heterocycles. The van der Waals surface area contributed by atoms with Crippen molar-refractivity contribution in [2.75, 3.05) is 50.1 Å². The molecule has 1 amide bonds. The van der Waals surface area contributed by atoms with E-state index in [0.717, 1.165) is 49.1 Å². The molecule has 27 heavy (non-hydrogen) atoms. The van der Waals surface area contributed by atoms with Crippen molar-refractivity contribution < 1.29 is 14.4 Å². The fraction of sp³-hybridized carbons (Fsp3) is 0.500. The maximum atomic E-state index is 12.3. The lowest BCUT2D eigenvalue weighted by atomic mass is 10.2. The Labute approximate surface area is 164 Å². The van der Waals surface area contributed by atoms with Gasteiger partial charge < -0.3 is 24.4 Å². The summed E-state index contributed by atoms with van der Waals surface area (Å²) in [6, 6.07) is 7.95. The maximum Gasteiger partial charge on any atom is 0.279 e. The van der Waals surface area contributed by atoms with Crippen LogP contribution in [0.1, 0.15) is 6.92 Å². The van der Waals surface area contributed by atoms with Gasteiger partial charge in [0.25, 0.3) is 5.91 Å².